The van der Waals surface area contributed by atoms with Gasteiger partial charge in [0.15, 0.2) is 0 Å². The van der Waals surface area contributed by atoms with Gasteiger partial charge in [0.1, 0.15) is 5.75 Å². The summed E-state index contributed by atoms with van der Waals surface area (Å²) in [6, 6.07) is 11.1. The van der Waals surface area contributed by atoms with Crippen molar-refractivity contribution in [3.05, 3.63) is 46.8 Å². The number of ether oxygens (including phenoxy) is 1. The molecule has 2 N–H and O–H groups in total. The third-order valence-corrected chi connectivity index (χ3v) is 5.06. The Labute approximate surface area is 151 Å². The van der Waals surface area contributed by atoms with Crippen molar-refractivity contribution in [2.75, 3.05) is 11.9 Å². The summed E-state index contributed by atoms with van der Waals surface area (Å²) in [6.45, 7) is 4.51. The molecule has 0 unspecified atom stereocenters. The number of nitrogens with one attached hydrogen (secondary N) is 2. The van der Waals surface area contributed by atoms with E-state index < -0.39 is 0 Å². The number of carbonyl (C=O) groups excluding carboxylic acids is 2. The van der Waals surface area contributed by atoms with E-state index in [1.807, 2.05) is 38.1 Å². The van der Waals surface area contributed by atoms with Crippen LogP contribution in [0, 0.1) is 5.92 Å². The van der Waals surface area contributed by atoms with E-state index in [0.717, 1.165) is 29.2 Å². The molecule has 0 aliphatic heterocycles. The van der Waals surface area contributed by atoms with Crippen LogP contribution in [0.2, 0.25) is 0 Å². The van der Waals surface area contributed by atoms with E-state index in [4.69, 9.17) is 4.74 Å². The topological polar surface area (TPSA) is 67.4 Å². The average Bonchev–Trinajstić information content (AvgIpc) is 3.35. The summed E-state index contributed by atoms with van der Waals surface area (Å²) in [6.07, 6.45) is 1.92. The average molecular weight is 358 g/mol. The minimum Gasteiger partial charge on any atom is -0.494 e. The molecule has 0 saturated heterocycles. The van der Waals surface area contributed by atoms with Crippen LogP contribution in [0.15, 0.2) is 36.4 Å². The molecule has 1 fully saturated rings. The van der Waals surface area contributed by atoms with Crippen LogP contribution in [-0.2, 0) is 4.79 Å². The molecule has 2 aromatic rings. The minimum atomic E-state index is -0.140. The van der Waals surface area contributed by atoms with E-state index in [-0.39, 0.29) is 23.8 Å². The van der Waals surface area contributed by atoms with Crippen molar-refractivity contribution in [1.29, 1.82) is 0 Å². The SMILES string of the molecule is CCOc1ccc([C@H](C)NC(=O)c2ccc(NC(=O)C3CC3)s2)cc1. The first kappa shape index (κ1) is 17.5. The summed E-state index contributed by atoms with van der Waals surface area (Å²) in [4.78, 5) is 24.8. The number of hydrogen-bond donors (Lipinski definition) is 2. The summed E-state index contributed by atoms with van der Waals surface area (Å²) < 4.78 is 5.43. The van der Waals surface area contributed by atoms with E-state index in [1.54, 1.807) is 12.1 Å². The Hall–Kier alpha value is -2.34. The fourth-order valence-electron chi connectivity index (χ4n) is 2.47. The second kappa shape index (κ2) is 7.70. The highest BCUT2D eigenvalue weighted by atomic mass is 32.1. The lowest BCUT2D eigenvalue weighted by atomic mass is 10.1. The molecule has 1 aliphatic carbocycles. The summed E-state index contributed by atoms with van der Waals surface area (Å²) in [5.74, 6) is 0.882. The second-order valence-corrected chi connectivity index (χ2v) is 7.21. The van der Waals surface area contributed by atoms with E-state index in [1.165, 1.54) is 11.3 Å². The molecule has 1 heterocycles. The first-order chi connectivity index (χ1) is 12.1. The maximum atomic E-state index is 12.4. The Kier molecular flexibility index (Phi) is 5.38. The first-order valence-corrected chi connectivity index (χ1v) is 9.32. The molecule has 1 atom stereocenters. The van der Waals surface area contributed by atoms with Crippen LogP contribution >= 0.6 is 11.3 Å². The summed E-state index contributed by atoms with van der Waals surface area (Å²) in [7, 11) is 0. The number of amides is 2. The Morgan fingerprint density at radius 3 is 2.56 bits per heavy atom. The fraction of sp³-hybridized carbons (Fsp3) is 0.368. The standard InChI is InChI=1S/C19H22N2O3S/c1-3-24-15-8-6-13(7-9-15)12(2)20-19(23)16-10-11-17(25-16)21-18(22)14-4-5-14/h6-12,14H,3-5H2,1-2H3,(H,20,23)(H,21,22)/t12-/m0/s1. The molecule has 0 bridgehead atoms. The van der Waals surface area contributed by atoms with Crippen LogP contribution in [0.25, 0.3) is 0 Å². The van der Waals surface area contributed by atoms with Crippen LogP contribution < -0.4 is 15.4 Å². The van der Waals surface area contributed by atoms with Gasteiger partial charge in [0, 0.05) is 5.92 Å². The lowest BCUT2D eigenvalue weighted by Gasteiger charge is -2.14. The van der Waals surface area contributed by atoms with Crippen molar-refractivity contribution < 1.29 is 14.3 Å². The fourth-order valence-corrected chi connectivity index (χ4v) is 3.28. The van der Waals surface area contributed by atoms with Gasteiger partial charge < -0.3 is 15.4 Å². The number of anilines is 1. The van der Waals surface area contributed by atoms with Crippen LogP contribution in [0.3, 0.4) is 0 Å². The van der Waals surface area contributed by atoms with Gasteiger partial charge in [-0.3, -0.25) is 9.59 Å². The first-order valence-electron chi connectivity index (χ1n) is 8.51. The normalized spacial score (nSPS) is 14.6. The van der Waals surface area contributed by atoms with Crippen molar-refractivity contribution in [3.8, 4) is 5.75 Å². The molecule has 1 aromatic heterocycles. The zero-order valence-corrected chi connectivity index (χ0v) is 15.2. The molecule has 2 amide bonds. The van der Waals surface area contributed by atoms with E-state index >= 15 is 0 Å². The van der Waals surface area contributed by atoms with Crippen LogP contribution in [-0.4, -0.2) is 18.4 Å². The van der Waals surface area contributed by atoms with Crippen molar-refractivity contribution in [3.63, 3.8) is 0 Å². The Morgan fingerprint density at radius 2 is 1.92 bits per heavy atom. The zero-order chi connectivity index (χ0) is 17.8. The molecular formula is C19H22N2O3S. The van der Waals surface area contributed by atoms with Gasteiger partial charge in [0.2, 0.25) is 5.91 Å². The number of benzene rings is 1. The molecule has 1 aromatic carbocycles. The second-order valence-electron chi connectivity index (χ2n) is 6.12. The number of carbonyl (C=O) groups is 2. The van der Waals surface area contributed by atoms with Gasteiger partial charge in [-0.1, -0.05) is 12.1 Å². The van der Waals surface area contributed by atoms with Gasteiger partial charge in [-0.15, -0.1) is 11.3 Å². The van der Waals surface area contributed by atoms with Crippen molar-refractivity contribution in [2.24, 2.45) is 5.92 Å². The highest BCUT2D eigenvalue weighted by Crippen LogP contribution is 2.31. The molecule has 1 aliphatic rings. The number of thiophene rings is 1. The Morgan fingerprint density at radius 1 is 1.20 bits per heavy atom. The maximum Gasteiger partial charge on any atom is 0.261 e. The largest absolute Gasteiger partial charge is 0.494 e. The molecule has 132 valence electrons. The molecule has 5 nitrogen and oxygen atoms in total. The number of rotatable bonds is 7. The van der Waals surface area contributed by atoms with Crippen molar-refractivity contribution >= 4 is 28.2 Å². The lowest BCUT2D eigenvalue weighted by Crippen LogP contribution is -2.25. The molecular weight excluding hydrogens is 336 g/mol. The Balaban J connectivity index is 1.57. The highest BCUT2D eigenvalue weighted by Gasteiger charge is 2.29. The quantitative estimate of drug-likeness (QED) is 0.786. The highest BCUT2D eigenvalue weighted by molar-refractivity contribution is 7.18. The molecule has 0 radical (unpaired) electrons. The molecule has 25 heavy (non-hydrogen) atoms. The van der Waals surface area contributed by atoms with Gasteiger partial charge in [0.25, 0.3) is 5.91 Å². The molecule has 0 spiro atoms. The smallest absolute Gasteiger partial charge is 0.261 e. The predicted octanol–water partition coefficient (Wildman–Crippen LogP) is 3.99. The van der Waals surface area contributed by atoms with Gasteiger partial charge >= 0.3 is 0 Å². The van der Waals surface area contributed by atoms with Gasteiger partial charge in [0.05, 0.1) is 22.5 Å². The molecule has 1 saturated carbocycles. The summed E-state index contributed by atoms with van der Waals surface area (Å²) >= 11 is 1.30. The van der Waals surface area contributed by atoms with Crippen LogP contribution in [0.5, 0.6) is 5.75 Å². The number of hydrogen-bond acceptors (Lipinski definition) is 4. The van der Waals surface area contributed by atoms with Gasteiger partial charge in [-0.05, 0) is 56.5 Å². The third kappa shape index (κ3) is 4.60. The van der Waals surface area contributed by atoms with E-state index in [2.05, 4.69) is 10.6 Å². The summed E-state index contributed by atoms with van der Waals surface area (Å²) in [5.41, 5.74) is 1.01. The van der Waals surface area contributed by atoms with Crippen LogP contribution in [0.1, 0.15) is 48.0 Å². The predicted molar refractivity (Wildman–Crippen MR) is 99.2 cm³/mol. The maximum absolute atomic E-state index is 12.4. The monoisotopic (exact) mass is 358 g/mol. The molecule has 3 rings (SSSR count). The Bertz CT molecular complexity index is 750. The van der Waals surface area contributed by atoms with Crippen molar-refractivity contribution in [1.82, 2.24) is 5.32 Å². The molecule has 6 heteroatoms. The van der Waals surface area contributed by atoms with Gasteiger partial charge in [-0.2, -0.15) is 0 Å². The summed E-state index contributed by atoms with van der Waals surface area (Å²) in [5, 5.41) is 6.57. The lowest BCUT2D eigenvalue weighted by molar-refractivity contribution is -0.117. The van der Waals surface area contributed by atoms with Crippen LogP contribution in [0.4, 0.5) is 5.00 Å². The van der Waals surface area contributed by atoms with E-state index in [9.17, 15) is 9.59 Å². The minimum absolute atomic E-state index is 0.0524. The zero-order valence-electron chi connectivity index (χ0n) is 14.4. The van der Waals surface area contributed by atoms with Gasteiger partial charge in [-0.25, -0.2) is 0 Å². The van der Waals surface area contributed by atoms with E-state index in [0.29, 0.717) is 11.5 Å². The third-order valence-electron chi connectivity index (χ3n) is 4.06. The van der Waals surface area contributed by atoms with Crippen molar-refractivity contribution in [2.45, 2.75) is 32.7 Å².